The zero-order valence-electron chi connectivity index (χ0n) is 10.7. The Kier molecular flexibility index (Phi) is 5.00. The molecule has 0 saturated carbocycles. The summed E-state index contributed by atoms with van der Waals surface area (Å²) in [5, 5.41) is 2.94. The molecule has 1 amide bonds. The number of alkyl halides is 1. The van der Waals surface area contributed by atoms with Crippen LogP contribution in [0.1, 0.15) is 37.2 Å². The number of aryl methyl sites for hydroxylation is 1. The van der Waals surface area contributed by atoms with Crippen molar-refractivity contribution in [1.29, 1.82) is 0 Å². The van der Waals surface area contributed by atoms with E-state index in [1.807, 2.05) is 0 Å². The van der Waals surface area contributed by atoms with Crippen LogP contribution in [0.2, 0.25) is 0 Å². The Labute approximate surface area is 107 Å². The Bertz CT molecular complexity index is 363. The summed E-state index contributed by atoms with van der Waals surface area (Å²) in [5.74, 6) is 0.465. The van der Waals surface area contributed by atoms with Crippen LogP contribution in [0.3, 0.4) is 0 Å². The van der Waals surface area contributed by atoms with Crippen LogP contribution < -0.4 is 5.32 Å². The van der Waals surface area contributed by atoms with E-state index in [9.17, 15) is 4.79 Å². The lowest BCUT2D eigenvalue weighted by Crippen LogP contribution is -2.38. The second-order valence-corrected chi connectivity index (χ2v) is 4.68. The molecule has 0 bridgehead atoms. The maximum absolute atomic E-state index is 11.9. The zero-order valence-corrected chi connectivity index (χ0v) is 11.4. The van der Waals surface area contributed by atoms with Gasteiger partial charge in [-0.05, 0) is 12.8 Å². The Balaban J connectivity index is 2.62. The molecule has 1 aromatic heterocycles. The molecule has 0 fully saturated rings. The van der Waals surface area contributed by atoms with Crippen LogP contribution in [0.4, 0.5) is 0 Å². The highest BCUT2D eigenvalue weighted by Gasteiger charge is 2.26. The molecule has 0 aromatic carbocycles. The fraction of sp³-hybridized carbons (Fsp3) is 0.667. The van der Waals surface area contributed by atoms with Crippen molar-refractivity contribution in [2.24, 2.45) is 12.5 Å². The predicted octanol–water partition coefficient (Wildman–Crippen LogP) is 2.20. The molecule has 17 heavy (non-hydrogen) atoms. The number of halogens is 1. The molecular formula is C12H20ClN3O. The first-order valence-corrected chi connectivity index (χ1v) is 6.42. The summed E-state index contributed by atoms with van der Waals surface area (Å²) in [6.45, 7) is 4.80. The van der Waals surface area contributed by atoms with E-state index in [1.54, 1.807) is 24.1 Å². The number of rotatable bonds is 6. The van der Waals surface area contributed by atoms with E-state index in [-0.39, 0.29) is 11.3 Å². The summed E-state index contributed by atoms with van der Waals surface area (Å²) in [4.78, 5) is 15.8. The molecule has 0 aliphatic carbocycles. The third-order valence-corrected chi connectivity index (χ3v) is 4.02. The number of amides is 1. The van der Waals surface area contributed by atoms with Gasteiger partial charge in [-0.25, -0.2) is 4.98 Å². The minimum absolute atomic E-state index is 0.00416. The molecule has 0 spiro atoms. The average molecular weight is 258 g/mol. The summed E-state index contributed by atoms with van der Waals surface area (Å²) in [6, 6.07) is 0. The van der Waals surface area contributed by atoms with Crippen LogP contribution in [0.15, 0.2) is 12.5 Å². The van der Waals surface area contributed by atoms with Crippen molar-refractivity contribution in [3.05, 3.63) is 18.2 Å². The molecule has 0 aliphatic heterocycles. The summed E-state index contributed by atoms with van der Waals surface area (Å²) < 4.78 is 1.70. The van der Waals surface area contributed by atoms with Crippen LogP contribution in [0.25, 0.3) is 0 Å². The van der Waals surface area contributed by atoms with E-state index in [4.69, 9.17) is 11.6 Å². The van der Waals surface area contributed by atoms with Gasteiger partial charge in [0.25, 0.3) is 5.91 Å². The lowest BCUT2D eigenvalue weighted by molar-refractivity contribution is 0.0923. The number of nitrogens with one attached hydrogen (secondary N) is 1. The summed E-state index contributed by atoms with van der Waals surface area (Å²) >= 11 is 6.00. The van der Waals surface area contributed by atoms with E-state index in [1.165, 1.54) is 0 Å². The molecule has 1 N–H and O–H groups in total. The van der Waals surface area contributed by atoms with Crippen molar-refractivity contribution in [1.82, 2.24) is 14.9 Å². The summed E-state index contributed by atoms with van der Waals surface area (Å²) in [5.41, 5.74) is 0.566. The molecule has 1 rings (SSSR count). The average Bonchev–Trinajstić information content (AvgIpc) is 2.78. The smallest absolute Gasteiger partial charge is 0.269 e. The number of hydrogen-bond acceptors (Lipinski definition) is 2. The van der Waals surface area contributed by atoms with E-state index in [0.29, 0.717) is 18.1 Å². The fourth-order valence-electron chi connectivity index (χ4n) is 1.67. The van der Waals surface area contributed by atoms with Crippen LogP contribution >= 0.6 is 11.6 Å². The highest BCUT2D eigenvalue weighted by Crippen LogP contribution is 2.26. The minimum Gasteiger partial charge on any atom is -0.350 e. The molecule has 0 radical (unpaired) electrons. The highest BCUT2D eigenvalue weighted by molar-refractivity contribution is 6.18. The first kappa shape index (κ1) is 14.0. The van der Waals surface area contributed by atoms with Crippen LogP contribution in [0, 0.1) is 5.41 Å². The van der Waals surface area contributed by atoms with Gasteiger partial charge < -0.3 is 9.88 Å². The van der Waals surface area contributed by atoms with Gasteiger partial charge in [-0.1, -0.05) is 13.8 Å². The predicted molar refractivity (Wildman–Crippen MR) is 69.3 cm³/mol. The Morgan fingerprint density at radius 2 is 2.18 bits per heavy atom. The van der Waals surface area contributed by atoms with Gasteiger partial charge in [-0.2, -0.15) is 0 Å². The van der Waals surface area contributed by atoms with Gasteiger partial charge in [0.2, 0.25) is 0 Å². The van der Waals surface area contributed by atoms with Crippen molar-refractivity contribution < 1.29 is 4.79 Å². The van der Waals surface area contributed by atoms with Crippen molar-refractivity contribution in [3.63, 3.8) is 0 Å². The van der Waals surface area contributed by atoms with Crippen molar-refractivity contribution in [2.45, 2.75) is 26.7 Å². The van der Waals surface area contributed by atoms with Gasteiger partial charge >= 0.3 is 0 Å². The van der Waals surface area contributed by atoms with Crippen LogP contribution in [-0.4, -0.2) is 27.9 Å². The van der Waals surface area contributed by atoms with Gasteiger partial charge in [0, 0.05) is 24.9 Å². The van der Waals surface area contributed by atoms with Crippen molar-refractivity contribution >= 4 is 17.5 Å². The highest BCUT2D eigenvalue weighted by atomic mass is 35.5. The van der Waals surface area contributed by atoms with Crippen LogP contribution in [-0.2, 0) is 7.05 Å². The number of hydrogen-bond donors (Lipinski definition) is 1. The van der Waals surface area contributed by atoms with Gasteiger partial charge in [0.05, 0.1) is 12.5 Å². The van der Waals surface area contributed by atoms with E-state index in [0.717, 1.165) is 12.8 Å². The third kappa shape index (κ3) is 3.22. The number of carbonyl (C=O) groups is 1. The molecule has 1 aromatic rings. The number of nitrogens with zero attached hydrogens (tertiary/aromatic N) is 2. The van der Waals surface area contributed by atoms with Gasteiger partial charge in [-0.3, -0.25) is 4.79 Å². The Hall–Kier alpha value is -1.03. The Morgan fingerprint density at radius 1 is 1.53 bits per heavy atom. The van der Waals surface area contributed by atoms with E-state index < -0.39 is 0 Å². The second kappa shape index (κ2) is 6.05. The molecule has 0 unspecified atom stereocenters. The largest absolute Gasteiger partial charge is 0.350 e. The van der Waals surface area contributed by atoms with Gasteiger partial charge in [0.15, 0.2) is 0 Å². The lowest BCUT2D eigenvalue weighted by atomic mass is 9.84. The molecule has 5 heteroatoms. The standard InChI is InChI=1S/C12H20ClN3O/c1-4-12(5-2,7-13)8-15-11(17)10-6-14-9-16(10)3/h6,9H,4-5,7-8H2,1-3H3,(H,15,17). The van der Waals surface area contributed by atoms with E-state index in [2.05, 4.69) is 24.1 Å². The maximum Gasteiger partial charge on any atom is 0.269 e. The maximum atomic E-state index is 11.9. The zero-order chi connectivity index (χ0) is 12.9. The summed E-state index contributed by atoms with van der Waals surface area (Å²) in [6.07, 6.45) is 5.09. The SMILES string of the molecule is CCC(CC)(CCl)CNC(=O)c1cncn1C. The first-order chi connectivity index (χ1) is 8.08. The lowest BCUT2D eigenvalue weighted by Gasteiger charge is -2.29. The number of aromatic nitrogens is 2. The molecule has 4 nitrogen and oxygen atoms in total. The quantitative estimate of drug-likeness (QED) is 0.795. The monoisotopic (exact) mass is 257 g/mol. The minimum atomic E-state index is -0.0959. The molecule has 1 heterocycles. The second-order valence-electron chi connectivity index (χ2n) is 4.41. The molecule has 0 atom stereocenters. The normalized spacial score (nSPS) is 11.5. The molecule has 0 aliphatic rings. The Morgan fingerprint density at radius 3 is 2.59 bits per heavy atom. The molecular weight excluding hydrogens is 238 g/mol. The fourth-order valence-corrected chi connectivity index (χ4v) is 2.14. The topological polar surface area (TPSA) is 46.9 Å². The van der Waals surface area contributed by atoms with Gasteiger partial charge in [0.1, 0.15) is 5.69 Å². The summed E-state index contributed by atoms with van der Waals surface area (Å²) in [7, 11) is 1.80. The number of carbonyl (C=O) groups excluding carboxylic acids is 1. The van der Waals surface area contributed by atoms with Gasteiger partial charge in [-0.15, -0.1) is 11.6 Å². The van der Waals surface area contributed by atoms with Crippen molar-refractivity contribution in [2.75, 3.05) is 12.4 Å². The molecule has 0 saturated heterocycles. The molecule has 96 valence electrons. The van der Waals surface area contributed by atoms with Crippen molar-refractivity contribution in [3.8, 4) is 0 Å². The van der Waals surface area contributed by atoms with Crippen LogP contribution in [0.5, 0.6) is 0 Å². The number of imidazole rings is 1. The first-order valence-electron chi connectivity index (χ1n) is 5.89. The third-order valence-electron chi connectivity index (χ3n) is 3.46. The van der Waals surface area contributed by atoms with E-state index >= 15 is 0 Å².